The first-order valence-corrected chi connectivity index (χ1v) is 12.4. The predicted molar refractivity (Wildman–Crippen MR) is 128 cm³/mol. The lowest BCUT2D eigenvalue weighted by Crippen LogP contribution is -2.20. The Balaban J connectivity index is 1.45. The Morgan fingerprint density at radius 3 is 2.29 bits per heavy atom. The normalized spacial score (nSPS) is 18.7. The third-order valence-corrected chi connectivity index (χ3v) is 6.54. The third-order valence-electron chi connectivity index (χ3n) is 6.24. The molecule has 0 bridgehead atoms. The second-order valence-corrected chi connectivity index (χ2v) is 9.19. The van der Waals surface area contributed by atoms with Crippen LogP contribution >= 0.6 is 11.6 Å². The summed E-state index contributed by atoms with van der Waals surface area (Å²) < 4.78 is 11.7. The quantitative estimate of drug-likeness (QED) is 0.314. The van der Waals surface area contributed by atoms with Crippen LogP contribution in [0.2, 0.25) is 5.02 Å². The van der Waals surface area contributed by atoms with Gasteiger partial charge in [-0.05, 0) is 49.3 Å². The van der Waals surface area contributed by atoms with Crippen LogP contribution in [0.25, 0.3) is 11.4 Å². The van der Waals surface area contributed by atoms with E-state index in [9.17, 15) is 0 Å². The highest BCUT2D eigenvalue weighted by Crippen LogP contribution is 2.33. The minimum atomic E-state index is 0.586. The fraction of sp³-hybridized carbons (Fsp3) is 0.615. The molecule has 0 radical (unpaired) electrons. The number of ether oxygens (including phenoxy) is 2. The minimum absolute atomic E-state index is 0.586. The molecule has 0 unspecified atom stereocenters. The monoisotopic (exact) mass is 444 g/mol. The number of rotatable bonds is 12. The summed E-state index contributed by atoms with van der Waals surface area (Å²) in [5.74, 6) is 3.67. The van der Waals surface area contributed by atoms with Gasteiger partial charge in [0.2, 0.25) is 0 Å². The zero-order chi connectivity index (χ0) is 21.9. The first kappa shape index (κ1) is 23.8. The molecule has 2 aromatic rings. The van der Waals surface area contributed by atoms with Crippen LogP contribution in [0.4, 0.5) is 0 Å². The summed E-state index contributed by atoms with van der Waals surface area (Å²) in [4.78, 5) is 8.95. The van der Waals surface area contributed by atoms with Crippen LogP contribution in [-0.2, 0) is 0 Å². The summed E-state index contributed by atoms with van der Waals surface area (Å²) in [6.07, 6.45) is 16.4. The molecule has 0 amide bonds. The Bertz CT molecular complexity index is 773. The molecule has 4 nitrogen and oxygen atoms in total. The van der Waals surface area contributed by atoms with Crippen molar-refractivity contribution in [1.82, 2.24) is 9.97 Å². The lowest BCUT2D eigenvalue weighted by atomic mass is 9.80. The summed E-state index contributed by atoms with van der Waals surface area (Å²) in [5, 5.41) is 0.586. The molecule has 0 saturated heterocycles. The van der Waals surface area contributed by atoms with E-state index in [4.69, 9.17) is 21.1 Å². The molecule has 0 aliphatic heterocycles. The average Bonchev–Trinajstić information content (AvgIpc) is 2.80. The zero-order valence-electron chi connectivity index (χ0n) is 19.1. The lowest BCUT2D eigenvalue weighted by molar-refractivity contribution is 0.177. The van der Waals surface area contributed by atoms with Crippen molar-refractivity contribution in [1.29, 1.82) is 0 Å². The maximum Gasteiger partial charge on any atom is 0.159 e. The van der Waals surface area contributed by atoms with Crippen molar-refractivity contribution in [2.45, 2.75) is 78.1 Å². The van der Waals surface area contributed by atoms with Gasteiger partial charge in [0.05, 0.1) is 30.6 Å². The van der Waals surface area contributed by atoms with Gasteiger partial charge in [-0.25, -0.2) is 9.97 Å². The minimum Gasteiger partial charge on any atom is -0.492 e. The maximum atomic E-state index is 6.37. The van der Waals surface area contributed by atoms with Crippen molar-refractivity contribution in [2.75, 3.05) is 13.2 Å². The van der Waals surface area contributed by atoms with Crippen LogP contribution in [0.3, 0.4) is 0 Å². The van der Waals surface area contributed by atoms with E-state index in [0.29, 0.717) is 29.1 Å². The molecule has 1 aromatic carbocycles. The van der Waals surface area contributed by atoms with Crippen LogP contribution < -0.4 is 9.47 Å². The van der Waals surface area contributed by atoms with Crippen LogP contribution in [0.15, 0.2) is 30.6 Å². The largest absolute Gasteiger partial charge is 0.492 e. The number of halogens is 1. The number of aromatic nitrogens is 2. The summed E-state index contributed by atoms with van der Waals surface area (Å²) in [7, 11) is 0. The molecule has 0 atom stereocenters. The van der Waals surface area contributed by atoms with Crippen molar-refractivity contribution < 1.29 is 9.47 Å². The fourth-order valence-electron chi connectivity index (χ4n) is 4.21. The number of nitrogens with zero attached hydrogens (tertiary/aromatic N) is 2. The Morgan fingerprint density at radius 2 is 1.61 bits per heavy atom. The average molecular weight is 445 g/mol. The molecule has 1 aliphatic rings. The van der Waals surface area contributed by atoms with Crippen molar-refractivity contribution >= 4 is 11.6 Å². The fourth-order valence-corrected chi connectivity index (χ4v) is 4.44. The maximum absolute atomic E-state index is 6.37. The molecule has 31 heavy (non-hydrogen) atoms. The van der Waals surface area contributed by atoms with Crippen molar-refractivity contribution in [3.63, 3.8) is 0 Å². The molecule has 1 heterocycles. The SMILES string of the molecule is CCCCCC1CCC(COc2cnc(-c3ccc(OCCCC)c(Cl)c3)nc2)CC1. The van der Waals surface area contributed by atoms with Crippen LogP contribution in [0, 0.1) is 11.8 Å². The molecule has 170 valence electrons. The topological polar surface area (TPSA) is 44.2 Å². The van der Waals surface area contributed by atoms with Crippen molar-refractivity contribution in [3.05, 3.63) is 35.6 Å². The van der Waals surface area contributed by atoms with E-state index in [-0.39, 0.29) is 0 Å². The third kappa shape index (κ3) is 7.68. The van der Waals surface area contributed by atoms with E-state index in [1.54, 1.807) is 12.4 Å². The molecule has 1 aromatic heterocycles. The van der Waals surface area contributed by atoms with Crippen LogP contribution in [0.1, 0.15) is 78.1 Å². The van der Waals surface area contributed by atoms with Gasteiger partial charge in [-0.2, -0.15) is 0 Å². The summed E-state index contributed by atoms with van der Waals surface area (Å²) in [5.41, 5.74) is 0.876. The molecule has 0 N–H and O–H groups in total. The van der Waals surface area contributed by atoms with Gasteiger partial charge in [-0.3, -0.25) is 0 Å². The molecule has 1 saturated carbocycles. The molecule has 0 spiro atoms. The molecule has 1 fully saturated rings. The highest BCUT2D eigenvalue weighted by atomic mass is 35.5. The van der Waals surface area contributed by atoms with E-state index < -0.39 is 0 Å². The van der Waals surface area contributed by atoms with Crippen molar-refractivity contribution in [3.8, 4) is 22.9 Å². The predicted octanol–water partition coefficient (Wildman–Crippen LogP) is 7.74. The van der Waals surface area contributed by atoms with Crippen LogP contribution in [-0.4, -0.2) is 23.2 Å². The van der Waals surface area contributed by atoms with Gasteiger partial charge < -0.3 is 9.47 Å². The van der Waals surface area contributed by atoms with E-state index in [2.05, 4.69) is 23.8 Å². The zero-order valence-corrected chi connectivity index (χ0v) is 19.9. The molecular weight excluding hydrogens is 408 g/mol. The smallest absolute Gasteiger partial charge is 0.159 e. The van der Waals surface area contributed by atoms with Crippen LogP contribution in [0.5, 0.6) is 11.5 Å². The summed E-state index contributed by atoms with van der Waals surface area (Å²) in [6.45, 7) is 5.86. The first-order chi connectivity index (χ1) is 15.2. The Hall–Kier alpha value is -1.81. The molecular formula is C26H37ClN2O2. The second-order valence-electron chi connectivity index (χ2n) is 8.78. The van der Waals surface area contributed by atoms with Gasteiger partial charge in [-0.15, -0.1) is 0 Å². The van der Waals surface area contributed by atoms with Gasteiger partial charge in [-0.1, -0.05) is 70.4 Å². The highest BCUT2D eigenvalue weighted by molar-refractivity contribution is 6.32. The van der Waals surface area contributed by atoms with Gasteiger partial charge in [0.15, 0.2) is 11.6 Å². The van der Waals surface area contributed by atoms with E-state index in [0.717, 1.165) is 36.7 Å². The number of hydrogen-bond acceptors (Lipinski definition) is 4. The number of benzene rings is 1. The number of hydrogen-bond donors (Lipinski definition) is 0. The lowest BCUT2D eigenvalue weighted by Gasteiger charge is -2.28. The van der Waals surface area contributed by atoms with Gasteiger partial charge in [0.1, 0.15) is 5.75 Å². The van der Waals surface area contributed by atoms with E-state index >= 15 is 0 Å². The van der Waals surface area contributed by atoms with Gasteiger partial charge in [0.25, 0.3) is 0 Å². The van der Waals surface area contributed by atoms with Gasteiger partial charge >= 0.3 is 0 Å². The molecule has 5 heteroatoms. The highest BCUT2D eigenvalue weighted by Gasteiger charge is 2.21. The molecule has 1 aliphatic carbocycles. The molecule has 3 rings (SSSR count). The Labute approximate surface area is 192 Å². The van der Waals surface area contributed by atoms with Gasteiger partial charge in [0, 0.05) is 5.56 Å². The Morgan fingerprint density at radius 1 is 0.903 bits per heavy atom. The second kappa shape index (κ2) is 12.9. The Kier molecular flexibility index (Phi) is 9.92. The van der Waals surface area contributed by atoms with E-state index in [1.165, 1.54) is 51.4 Å². The first-order valence-electron chi connectivity index (χ1n) is 12.1. The standard InChI is InChI=1S/C26H37ClN2O2/c1-3-5-7-8-20-9-11-21(12-10-20)19-31-23-17-28-26(29-18-23)22-13-14-25(24(27)16-22)30-15-6-4-2/h13-14,16-18,20-21H,3-12,15,19H2,1-2H3. The summed E-state index contributed by atoms with van der Waals surface area (Å²) in [6, 6.07) is 5.69. The van der Waals surface area contributed by atoms with E-state index in [1.807, 2.05) is 18.2 Å². The number of unbranched alkanes of at least 4 members (excludes halogenated alkanes) is 3. The summed E-state index contributed by atoms with van der Waals surface area (Å²) >= 11 is 6.37. The van der Waals surface area contributed by atoms with Crippen molar-refractivity contribution in [2.24, 2.45) is 11.8 Å².